The van der Waals surface area contributed by atoms with Crippen LogP contribution in [0.3, 0.4) is 0 Å². The van der Waals surface area contributed by atoms with Crippen LogP contribution in [0, 0.1) is 6.92 Å². The first kappa shape index (κ1) is 19.7. The van der Waals surface area contributed by atoms with Crippen LogP contribution in [-0.4, -0.2) is 37.9 Å². The number of amides is 1. The third-order valence-electron chi connectivity index (χ3n) is 3.83. The number of halogens is 1. The van der Waals surface area contributed by atoms with Crippen LogP contribution in [0.25, 0.3) is 10.2 Å². The van der Waals surface area contributed by atoms with Gasteiger partial charge in [-0.15, -0.1) is 0 Å². The summed E-state index contributed by atoms with van der Waals surface area (Å²) >= 11 is 7.35. The van der Waals surface area contributed by atoms with Crippen LogP contribution in [0.1, 0.15) is 15.9 Å². The number of thiazole rings is 1. The highest BCUT2D eigenvalue weighted by Crippen LogP contribution is 2.28. The zero-order valence-corrected chi connectivity index (χ0v) is 17.1. The minimum atomic E-state index is -3.99. The lowest BCUT2D eigenvalue weighted by molar-refractivity contribution is -0.0258. The Hall–Kier alpha value is -2.04. The number of benzene rings is 2. The number of rotatable bonds is 5. The Morgan fingerprint density at radius 3 is 2.70 bits per heavy atom. The molecule has 0 fully saturated rings. The lowest BCUT2D eigenvalue weighted by Crippen LogP contribution is -2.26. The summed E-state index contributed by atoms with van der Waals surface area (Å²) in [6, 6.07) is 9.81. The molecule has 1 aromatic heterocycles. The van der Waals surface area contributed by atoms with Crippen molar-refractivity contribution in [1.29, 1.82) is 0 Å². The van der Waals surface area contributed by atoms with E-state index in [1.54, 1.807) is 0 Å². The van der Waals surface area contributed by atoms with Gasteiger partial charge in [-0.05, 0) is 42.8 Å². The molecule has 1 N–H and O–H groups in total. The maximum Gasteiger partial charge on any atom is 0.266 e. The number of aromatic nitrogens is 1. The Morgan fingerprint density at radius 2 is 2.00 bits per heavy atom. The molecule has 0 aliphatic carbocycles. The van der Waals surface area contributed by atoms with Gasteiger partial charge in [0.15, 0.2) is 5.13 Å². The number of aryl methyl sites for hydroxylation is 1. The lowest BCUT2D eigenvalue weighted by atomic mass is 10.2. The van der Waals surface area contributed by atoms with Gasteiger partial charge >= 0.3 is 0 Å². The van der Waals surface area contributed by atoms with E-state index in [9.17, 15) is 13.2 Å². The Kier molecular flexibility index (Phi) is 5.50. The fraction of sp³-hybridized carbons (Fsp3) is 0.176. The molecular formula is C17H16ClN3O4S2. The van der Waals surface area contributed by atoms with Gasteiger partial charge < -0.3 is 0 Å². The molecule has 3 aromatic rings. The van der Waals surface area contributed by atoms with Crippen molar-refractivity contribution in [3.8, 4) is 0 Å². The number of nitrogens with one attached hydrogen (secondary N) is 1. The van der Waals surface area contributed by atoms with Crippen molar-refractivity contribution in [2.75, 3.05) is 19.5 Å². The van der Waals surface area contributed by atoms with Crippen molar-refractivity contribution in [2.45, 2.75) is 11.8 Å². The highest BCUT2D eigenvalue weighted by atomic mass is 35.5. The fourth-order valence-corrected chi connectivity index (χ4v) is 4.77. The molecular weight excluding hydrogens is 410 g/mol. The van der Waals surface area contributed by atoms with Crippen LogP contribution >= 0.6 is 22.9 Å². The second kappa shape index (κ2) is 7.53. The van der Waals surface area contributed by atoms with E-state index < -0.39 is 15.9 Å². The van der Waals surface area contributed by atoms with Crippen LogP contribution in [0.4, 0.5) is 5.13 Å². The molecule has 3 rings (SSSR count). The van der Waals surface area contributed by atoms with Gasteiger partial charge in [0.05, 0.1) is 22.3 Å². The summed E-state index contributed by atoms with van der Waals surface area (Å²) in [6.07, 6.45) is 0. The van der Waals surface area contributed by atoms with Crippen molar-refractivity contribution >= 4 is 54.2 Å². The van der Waals surface area contributed by atoms with E-state index in [0.717, 1.165) is 15.8 Å². The fourth-order valence-electron chi connectivity index (χ4n) is 2.33. The zero-order chi connectivity index (χ0) is 19.8. The standard InChI is InChI=1S/C17H16ClN3O4S2/c1-10-4-7-13-14(8-10)26-17(19-13)20-16(22)11-5-6-12(18)15(9-11)27(23,24)21(2)25-3/h4-9H,1-3H3,(H,19,20,22). The van der Waals surface area contributed by atoms with Crippen molar-refractivity contribution in [2.24, 2.45) is 0 Å². The molecule has 27 heavy (non-hydrogen) atoms. The molecule has 0 aliphatic heterocycles. The second-order valence-electron chi connectivity index (χ2n) is 5.69. The van der Waals surface area contributed by atoms with Crippen LogP contribution in [0.5, 0.6) is 0 Å². The zero-order valence-electron chi connectivity index (χ0n) is 14.7. The van der Waals surface area contributed by atoms with Gasteiger partial charge in [0.25, 0.3) is 15.9 Å². The average molecular weight is 426 g/mol. The monoisotopic (exact) mass is 425 g/mol. The maximum absolute atomic E-state index is 12.6. The van der Waals surface area contributed by atoms with E-state index in [2.05, 4.69) is 10.3 Å². The average Bonchev–Trinajstić information content (AvgIpc) is 3.02. The van der Waals surface area contributed by atoms with E-state index in [1.165, 1.54) is 43.7 Å². The number of hydrogen-bond donors (Lipinski definition) is 1. The first-order valence-electron chi connectivity index (χ1n) is 7.73. The summed E-state index contributed by atoms with van der Waals surface area (Å²) in [4.78, 5) is 21.4. The first-order valence-corrected chi connectivity index (χ1v) is 10.4. The number of hydroxylamine groups is 1. The number of carbonyl (C=O) groups is 1. The van der Waals surface area contributed by atoms with E-state index >= 15 is 0 Å². The number of sulfonamides is 1. The van der Waals surface area contributed by atoms with Gasteiger partial charge in [0, 0.05) is 12.6 Å². The number of nitrogens with zero attached hydrogens (tertiary/aromatic N) is 2. The predicted octanol–water partition coefficient (Wildman–Crippen LogP) is 3.69. The topological polar surface area (TPSA) is 88.6 Å². The maximum atomic E-state index is 12.6. The Balaban J connectivity index is 1.91. The molecule has 0 aliphatic rings. The molecule has 142 valence electrons. The smallest absolute Gasteiger partial charge is 0.266 e. The molecule has 2 aromatic carbocycles. The first-order chi connectivity index (χ1) is 12.7. The molecule has 0 bridgehead atoms. The van der Waals surface area contributed by atoms with Gasteiger partial charge in [0.1, 0.15) is 4.90 Å². The molecule has 0 spiro atoms. The lowest BCUT2D eigenvalue weighted by Gasteiger charge is -2.15. The highest BCUT2D eigenvalue weighted by Gasteiger charge is 2.25. The van der Waals surface area contributed by atoms with Gasteiger partial charge in [-0.1, -0.05) is 33.5 Å². The Bertz CT molecular complexity index is 1130. The molecule has 0 unspecified atom stereocenters. The summed E-state index contributed by atoms with van der Waals surface area (Å²) in [6.45, 7) is 1.98. The third-order valence-corrected chi connectivity index (χ3v) is 6.93. The summed E-state index contributed by atoms with van der Waals surface area (Å²) in [5.74, 6) is -0.487. The SMILES string of the molecule is CON(C)S(=O)(=O)c1cc(C(=O)Nc2nc3ccc(C)cc3s2)ccc1Cl. The Labute approximate surface area is 165 Å². The molecule has 0 radical (unpaired) electrons. The van der Waals surface area contributed by atoms with Crippen molar-refractivity contribution < 1.29 is 18.0 Å². The molecule has 1 amide bonds. The second-order valence-corrected chi connectivity index (χ2v) is 9.03. The third kappa shape index (κ3) is 3.97. The van der Waals surface area contributed by atoms with E-state index in [0.29, 0.717) is 9.60 Å². The minimum Gasteiger partial charge on any atom is -0.298 e. The van der Waals surface area contributed by atoms with Gasteiger partial charge in [-0.25, -0.2) is 13.4 Å². The normalized spacial score (nSPS) is 11.9. The minimum absolute atomic E-state index is 0.00841. The van der Waals surface area contributed by atoms with Crippen molar-refractivity contribution in [1.82, 2.24) is 9.45 Å². The number of carbonyl (C=O) groups excluding carboxylic acids is 1. The van der Waals surface area contributed by atoms with Gasteiger partial charge in [-0.3, -0.25) is 14.9 Å². The molecule has 10 heteroatoms. The number of anilines is 1. The number of hydrogen-bond acceptors (Lipinski definition) is 6. The van der Waals surface area contributed by atoms with Crippen LogP contribution < -0.4 is 5.32 Å². The van der Waals surface area contributed by atoms with Crippen molar-refractivity contribution in [3.05, 3.63) is 52.5 Å². The summed E-state index contributed by atoms with van der Waals surface area (Å²) in [5, 5.41) is 3.11. The molecule has 0 atom stereocenters. The van der Waals surface area contributed by atoms with Crippen molar-refractivity contribution in [3.63, 3.8) is 0 Å². The number of fused-ring (bicyclic) bond motifs is 1. The summed E-state index contributed by atoms with van der Waals surface area (Å²) < 4.78 is 26.5. The van der Waals surface area contributed by atoms with E-state index in [4.69, 9.17) is 16.4 Å². The predicted molar refractivity (Wildman–Crippen MR) is 106 cm³/mol. The van der Waals surface area contributed by atoms with Gasteiger partial charge in [-0.2, -0.15) is 0 Å². The summed E-state index contributed by atoms with van der Waals surface area (Å²) in [7, 11) is -1.53. The summed E-state index contributed by atoms with van der Waals surface area (Å²) in [5.41, 5.74) is 2.01. The highest BCUT2D eigenvalue weighted by molar-refractivity contribution is 7.89. The largest absolute Gasteiger partial charge is 0.298 e. The Morgan fingerprint density at radius 1 is 1.26 bits per heavy atom. The molecule has 0 saturated heterocycles. The van der Waals surface area contributed by atoms with Crippen LogP contribution in [0.2, 0.25) is 5.02 Å². The van der Waals surface area contributed by atoms with E-state index in [-0.39, 0.29) is 15.5 Å². The quantitative estimate of drug-likeness (QED) is 0.630. The van der Waals surface area contributed by atoms with Crippen LogP contribution in [-0.2, 0) is 14.9 Å². The van der Waals surface area contributed by atoms with Gasteiger partial charge in [0.2, 0.25) is 0 Å². The molecule has 1 heterocycles. The van der Waals surface area contributed by atoms with Crippen LogP contribution in [0.15, 0.2) is 41.3 Å². The molecule has 7 nitrogen and oxygen atoms in total. The molecule has 0 saturated carbocycles. The van der Waals surface area contributed by atoms with E-state index in [1.807, 2.05) is 25.1 Å².